The number of halogens is 2. The summed E-state index contributed by atoms with van der Waals surface area (Å²) >= 11 is 3.29. The van der Waals surface area contributed by atoms with Gasteiger partial charge in [-0.2, -0.15) is 5.10 Å². The van der Waals surface area contributed by atoms with Gasteiger partial charge in [-0.25, -0.2) is 9.18 Å². The summed E-state index contributed by atoms with van der Waals surface area (Å²) in [5.74, 6) is -1.41. The molecule has 0 unspecified atom stereocenters. The molecular formula is C12H11BrFN3O2. The fourth-order valence-electron chi connectivity index (χ4n) is 1.66. The normalized spacial score (nSPS) is 10.5. The fraction of sp³-hybridized carbons (Fsp3) is 0.167. The molecule has 0 amide bonds. The molecule has 5 nitrogen and oxygen atoms in total. The van der Waals surface area contributed by atoms with Crippen LogP contribution in [0.4, 0.5) is 10.1 Å². The molecule has 0 aliphatic rings. The van der Waals surface area contributed by atoms with Crippen LogP contribution >= 0.6 is 15.9 Å². The number of rotatable bonds is 4. The molecule has 2 rings (SSSR count). The van der Waals surface area contributed by atoms with Crippen molar-refractivity contribution < 1.29 is 14.3 Å². The minimum absolute atomic E-state index is 0.127. The Morgan fingerprint density at radius 3 is 3.00 bits per heavy atom. The zero-order valence-corrected chi connectivity index (χ0v) is 11.6. The molecule has 0 radical (unpaired) electrons. The van der Waals surface area contributed by atoms with Gasteiger partial charge in [0.15, 0.2) is 0 Å². The zero-order chi connectivity index (χ0) is 14.0. The Kier molecular flexibility index (Phi) is 3.84. The maximum absolute atomic E-state index is 13.1. The first kappa shape index (κ1) is 13.5. The second-order valence-electron chi connectivity index (χ2n) is 3.91. The molecular weight excluding hydrogens is 317 g/mol. The summed E-state index contributed by atoms with van der Waals surface area (Å²) in [6, 6.07) is 4.25. The van der Waals surface area contributed by atoms with E-state index in [1.165, 1.54) is 23.0 Å². The maximum atomic E-state index is 13.1. The number of aryl methyl sites for hydroxylation is 1. The van der Waals surface area contributed by atoms with Gasteiger partial charge in [0.2, 0.25) is 0 Å². The Morgan fingerprint density at radius 1 is 1.58 bits per heavy atom. The van der Waals surface area contributed by atoms with Crippen LogP contribution in [0.25, 0.3) is 0 Å². The number of aromatic carboxylic acids is 1. The number of nitrogens with one attached hydrogen (secondary N) is 1. The highest BCUT2D eigenvalue weighted by atomic mass is 79.9. The Hall–Kier alpha value is -1.89. The van der Waals surface area contributed by atoms with E-state index in [0.717, 1.165) is 0 Å². The van der Waals surface area contributed by atoms with Gasteiger partial charge in [-0.1, -0.05) is 0 Å². The van der Waals surface area contributed by atoms with Gasteiger partial charge in [0.1, 0.15) is 11.4 Å². The van der Waals surface area contributed by atoms with E-state index in [1.54, 1.807) is 13.1 Å². The van der Waals surface area contributed by atoms with Gasteiger partial charge in [-0.3, -0.25) is 4.68 Å². The molecule has 0 saturated carbocycles. The lowest BCUT2D eigenvalue weighted by Crippen LogP contribution is -2.10. The van der Waals surface area contributed by atoms with Gasteiger partial charge >= 0.3 is 5.97 Å². The quantitative estimate of drug-likeness (QED) is 0.905. The fourth-order valence-corrected chi connectivity index (χ4v) is 2.05. The lowest BCUT2D eigenvalue weighted by molar-refractivity contribution is 0.0695. The monoisotopic (exact) mass is 327 g/mol. The van der Waals surface area contributed by atoms with E-state index < -0.39 is 5.97 Å². The molecule has 2 N–H and O–H groups in total. The smallest absolute Gasteiger partial charge is 0.339 e. The Morgan fingerprint density at radius 2 is 2.32 bits per heavy atom. The van der Waals surface area contributed by atoms with E-state index in [0.29, 0.717) is 15.9 Å². The minimum Gasteiger partial charge on any atom is -0.478 e. The molecule has 0 fully saturated rings. The van der Waals surface area contributed by atoms with Gasteiger partial charge in [0, 0.05) is 11.5 Å². The van der Waals surface area contributed by atoms with E-state index >= 15 is 0 Å². The number of hydrogen-bond donors (Lipinski definition) is 2. The SMILES string of the molecule is Cn1ncc(C(=O)O)c1CNc1cc(F)ccc1Br. The highest BCUT2D eigenvalue weighted by Gasteiger charge is 2.15. The molecule has 0 spiro atoms. The number of hydrogen-bond acceptors (Lipinski definition) is 3. The van der Waals surface area contributed by atoms with Crippen molar-refractivity contribution in [3.8, 4) is 0 Å². The van der Waals surface area contributed by atoms with Crippen LogP contribution in [0.3, 0.4) is 0 Å². The number of carbonyl (C=O) groups is 1. The first-order valence-corrected chi connectivity index (χ1v) is 6.21. The summed E-state index contributed by atoms with van der Waals surface area (Å²) < 4.78 is 15.3. The third-order valence-electron chi connectivity index (χ3n) is 2.67. The van der Waals surface area contributed by atoms with Crippen LogP contribution in [0.2, 0.25) is 0 Å². The van der Waals surface area contributed by atoms with Gasteiger partial charge in [0.05, 0.1) is 24.1 Å². The van der Waals surface area contributed by atoms with E-state index in [-0.39, 0.29) is 17.9 Å². The summed E-state index contributed by atoms with van der Waals surface area (Å²) in [5.41, 5.74) is 1.20. The molecule has 2 aromatic rings. The second-order valence-corrected chi connectivity index (χ2v) is 4.77. The summed E-state index contributed by atoms with van der Waals surface area (Å²) in [7, 11) is 1.66. The summed E-state index contributed by atoms with van der Waals surface area (Å²) in [5, 5.41) is 15.9. The summed E-state index contributed by atoms with van der Waals surface area (Å²) in [4.78, 5) is 11.0. The third-order valence-corrected chi connectivity index (χ3v) is 3.36. The average molecular weight is 328 g/mol. The number of aromatic nitrogens is 2. The van der Waals surface area contributed by atoms with Crippen LogP contribution in [-0.2, 0) is 13.6 Å². The lowest BCUT2D eigenvalue weighted by Gasteiger charge is -2.09. The summed E-state index contributed by atoms with van der Waals surface area (Å²) in [6.45, 7) is 0.236. The minimum atomic E-state index is -1.04. The molecule has 1 aromatic carbocycles. The zero-order valence-electron chi connectivity index (χ0n) is 10.0. The van der Waals surface area contributed by atoms with Gasteiger partial charge < -0.3 is 10.4 Å². The number of carboxylic acid groups (broad SMARTS) is 1. The molecule has 0 bridgehead atoms. The number of carboxylic acids is 1. The van der Waals surface area contributed by atoms with E-state index in [9.17, 15) is 9.18 Å². The number of anilines is 1. The predicted molar refractivity (Wildman–Crippen MR) is 71.6 cm³/mol. The largest absolute Gasteiger partial charge is 0.478 e. The van der Waals surface area contributed by atoms with Crippen molar-refractivity contribution in [2.75, 3.05) is 5.32 Å². The maximum Gasteiger partial charge on any atom is 0.339 e. The molecule has 0 atom stereocenters. The topological polar surface area (TPSA) is 67.2 Å². The molecule has 0 aliphatic heterocycles. The van der Waals surface area contributed by atoms with Crippen LogP contribution in [0.15, 0.2) is 28.9 Å². The van der Waals surface area contributed by atoms with Crippen molar-refractivity contribution in [3.05, 3.63) is 45.9 Å². The number of nitrogens with zero attached hydrogens (tertiary/aromatic N) is 2. The molecule has 1 aromatic heterocycles. The molecule has 19 heavy (non-hydrogen) atoms. The molecule has 7 heteroatoms. The number of benzene rings is 1. The highest BCUT2D eigenvalue weighted by molar-refractivity contribution is 9.10. The van der Waals surface area contributed by atoms with Crippen LogP contribution in [0, 0.1) is 5.82 Å². The van der Waals surface area contributed by atoms with Crippen LogP contribution in [0.5, 0.6) is 0 Å². The van der Waals surface area contributed by atoms with Crippen LogP contribution in [0.1, 0.15) is 16.1 Å². The Bertz CT molecular complexity index is 627. The second kappa shape index (κ2) is 5.40. The highest BCUT2D eigenvalue weighted by Crippen LogP contribution is 2.24. The summed E-state index contributed by atoms with van der Waals surface area (Å²) in [6.07, 6.45) is 1.29. The van der Waals surface area contributed by atoms with Gasteiger partial charge in [0.25, 0.3) is 0 Å². The first-order chi connectivity index (χ1) is 8.99. The van der Waals surface area contributed by atoms with Crippen molar-refractivity contribution in [3.63, 3.8) is 0 Å². The lowest BCUT2D eigenvalue weighted by atomic mass is 10.2. The molecule has 0 aliphatic carbocycles. The van der Waals surface area contributed by atoms with E-state index in [4.69, 9.17) is 5.11 Å². The van der Waals surface area contributed by atoms with Crippen molar-refractivity contribution in [1.29, 1.82) is 0 Å². The van der Waals surface area contributed by atoms with Crippen molar-refractivity contribution in [2.24, 2.45) is 7.05 Å². The standard InChI is InChI=1S/C12H11BrFN3O2/c1-17-11(8(5-16-17)12(18)19)6-15-10-4-7(14)2-3-9(10)13/h2-5,15H,6H2,1H3,(H,18,19). The average Bonchev–Trinajstić information content (AvgIpc) is 2.72. The van der Waals surface area contributed by atoms with Crippen molar-refractivity contribution >= 4 is 27.6 Å². The van der Waals surface area contributed by atoms with Crippen LogP contribution in [-0.4, -0.2) is 20.9 Å². The first-order valence-electron chi connectivity index (χ1n) is 5.42. The van der Waals surface area contributed by atoms with Gasteiger partial charge in [-0.05, 0) is 34.1 Å². The van der Waals surface area contributed by atoms with Crippen molar-refractivity contribution in [1.82, 2.24) is 9.78 Å². The van der Waals surface area contributed by atoms with Gasteiger partial charge in [-0.15, -0.1) is 0 Å². The molecule has 0 saturated heterocycles. The third kappa shape index (κ3) is 2.93. The van der Waals surface area contributed by atoms with Crippen LogP contribution < -0.4 is 5.32 Å². The molecule has 100 valence electrons. The Balaban J connectivity index is 2.21. The molecule has 1 heterocycles. The van der Waals surface area contributed by atoms with E-state index in [2.05, 4.69) is 26.3 Å². The predicted octanol–water partition coefficient (Wildman–Crippen LogP) is 2.63. The Labute approximate surface area is 117 Å². The van der Waals surface area contributed by atoms with Crippen molar-refractivity contribution in [2.45, 2.75) is 6.54 Å². The van der Waals surface area contributed by atoms with E-state index in [1.807, 2.05) is 0 Å².